The van der Waals surface area contributed by atoms with E-state index in [0.29, 0.717) is 5.82 Å². The van der Waals surface area contributed by atoms with Crippen LogP contribution in [0.15, 0.2) is 211 Å². The molecule has 4 aromatic heterocycles. The van der Waals surface area contributed by atoms with Crippen molar-refractivity contribution in [2.75, 3.05) is 0 Å². The van der Waals surface area contributed by atoms with Gasteiger partial charge in [0, 0.05) is 59.9 Å². The largest absolute Gasteiger partial charge is 0.456 e. The summed E-state index contributed by atoms with van der Waals surface area (Å²) in [6.07, 6.45) is 0. The number of aromatic nitrogens is 4. The number of rotatable bonds is 4. The molecule has 0 radical (unpaired) electrons. The second-order valence-electron chi connectivity index (χ2n) is 16.5. The van der Waals surface area contributed by atoms with Crippen LogP contribution in [0.5, 0.6) is 0 Å². The summed E-state index contributed by atoms with van der Waals surface area (Å²) in [5, 5.41) is 13.1. The van der Waals surface area contributed by atoms with Gasteiger partial charge in [-0.05, 0) is 107 Å². The van der Waals surface area contributed by atoms with Crippen molar-refractivity contribution >= 4 is 98.0 Å². The number of para-hydroxylation sites is 4. The van der Waals surface area contributed by atoms with Gasteiger partial charge in [-0.3, -0.25) is 0 Å². The molecule has 5 heteroatoms. The van der Waals surface area contributed by atoms with Crippen molar-refractivity contribution < 1.29 is 4.42 Å². The Hall–Kier alpha value is -8.54. The summed E-state index contributed by atoms with van der Waals surface area (Å²) < 4.78 is 11.0. The summed E-state index contributed by atoms with van der Waals surface area (Å²) in [4.78, 5) is 10.4. The van der Waals surface area contributed by atoms with Crippen LogP contribution in [0.3, 0.4) is 0 Å². The minimum absolute atomic E-state index is 0.684. The number of furan rings is 1. The standard InChI is InChI=1S/C58H34N4O/c1-2-14-40-35(12-1)26-30-52-56(40)44-18-5-9-21-50(44)62(52)51-22-11-13-37-32-46-41-15-4-8-20-49(41)61(53(46)34-45(37)51)39-28-24-36(25-29-39)58-59-48-19-7-3-17-43(48)57(60-58)38-27-31-55-47(33-38)42-16-6-10-23-54(42)63-55/h1-34H. The van der Waals surface area contributed by atoms with Crippen LogP contribution in [0.4, 0.5) is 0 Å². The highest BCUT2D eigenvalue weighted by atomic mass is 16.3. The minimum Gasteiger partial charge on any atom is -0.456 e. The van der Waals surface area contributed by atoms with Crippen molar-refractivity contribution in [3.05, 3.63) is 206 Å². The van der Waals surface area contributed by atoms with Crippen LogP contribution < -0.4 is 0 Å². The van der Waals surface area contributed by atoms with Crippen molar-refractivity contribution in [2.24, 2.45) is 0 Å². The molecule has 14 aromatic rings. The lowest BCUT2D eigenvalue weighted by atomic mass is 10.0. The molecule has 292 valence electrons. The van der Waals surface area contributed by atoms with Gasteiger partial charge in [0.05, 0.1) is 39.0 Å². The van der Waals surface area contributed by atoms with E-state index in [1.165, 1.54) is 54.1 Å². The highest BCUT2D eigenvalue weighted by Crippen LogP contribution is 2.42. The monoisotopic (exact) mass is 802 g/mol. The molecule has 0 atom stereocenters. The first-order valence-electron chi connectivity index (χ1n) is 21.4. The van der Waals surface area contributed by atoms with Gasteiger partial charge in [0.2, 0.25) is 0 Å². The molecule has 0 saturated carbocycles. The highest BCUT2D eigenvalue weighted by molar-refractivity contribution is 6.22. The van der Waals surface area contributed by atoms with Gasteiger partial charge in [-0.1, -0.05) is 115 Å². The van der Waals surface area contributed by atoms with E-state index in [9.17, 15) is 0 Å². The predicted molar refractivity (Wildman–Crippen MR) is 261 cm³/mol. The number of hydrogen-bond acceptors (Lipinski definition) is 3. The number of hydrogen-bond donors (Lipinski definition) is 0. The Labute approximate surface area is 360 Å². The van der Waals surface area contributed by atoms with Crippen molar-refractivity contribution in [3.63, 3.8) is 0 Å². The van der Waals surface area contributed by atoms with E-state index < -0.39 is 0 Å². The Bertz CT molecular complexity index is 4210. The van der Waals surface area contributed by atoms with Crippen molar-refractivity contribution in [3.8, 4) is 34.0 Å². The van der Waals surface area contributed by atoms with Crippen LogP contribution in [0.25, 0.3) is 132 Å². The number of nitrogens with zero attached hydrogens (tertiary/aromatic N) is 4. The topological polar surface area (TPSA) is 48.8 Å². The van der Waals surface area contributed by atoms with Crippen molar-refractivity contribution in [1.82, 2.24) is 19.1 Å². The van der Waals surface area contributed by atoms with Gasteiger partial charge in [-0.25, -0.2) is 9.97 Å². The van der Waals surface area contributed by atoms with Crippen LogP contribution in [0, 0.1) is 0 Å². The van der Waals surface area contributed by atoms with E-state index in [0.717, 1.165) is 72.1 Å². The van der Waals surface area contributed by atoms with E-state index in [2.05, 4.69) is 197 Å². The molecule has 0 unspecified atom stereocenters. The van der Waals surface area contributed by atoms with Crippen molar-refractivity contribution in [1.29, 1.82) is 0 Å². The second-order valence-corrected chi connectivity index (χ2v) is 16.5. The molecule has 0 amide bonds. The Morgan fingerprint density at radius 3 is 1.90 bits per heavy atom. The van der Waals surface area contributed by atoms with E-state index in [1.54, 1.807) is 0 Å². The quantitative estimate of drug-likeness (QED) is 0.178. The van der Waals surface area contributed by atoms with Crippen molar-refractivity contribution in [2.45, 2.75) is 0 Å². The highest BCUT2D eigenvalue weighted by Gasteiger charge is 2.20. The van der Waals surface area contributed by atoms with E-state index in [-0.39, 0.29) is 0 Å². The van der Waals surface area contributed by atoms with Gasteiger partial charge >= 0.3 is 0 Å². The lowest BCUT2D eigenvalue weighted by Gasteiger charge is -2.14. The van der Waals surface area contributed by atoms with Gasteiger partial charge < -0.3 is 13.6 Å². The summed E-state index contributed by atoms with van der Waals surface area (Å²) in [5.41, 5.74) is 12.5. The maximum absolute atomic E-state index is 6.17. The average molecular weight is 803 g/mol. The first kappa shape index (κ1) is 34.2. The van der Waals surface area contributed by atoms with Gasteiger partial charge in [0.25, 0.3) is 0 Å². The molecule has 0 fully saturated rings. The molecule has 10 aromatic carbocycles. The van der Waals surface area contributed by atoms with E-state index in [1.807, 2.05) is 18.2 Å². The van der Waals surface area contributed by atoms with Crippen LogP contribution in [0.1, 0.15) is 0 Å². The fourth-order valence-corrected chi connectivity index (χ4v) is 10.3. The zero-order valence-electron chi connectivity index (χ0n) is 33.8. The molecule has 0 saturated heterocycles. The first-order chi connectivity index (χ1) is 31.2. The zero-order valence-corrected chi connectivity index (χ0v) is 33.8. The maximum atomic E-state index is 6.17. The lowest BCUT2D eigenvalue weighted by molar-refractivity contribution is 0.669. The van der Waals surface area contributed by atoms with Gasteiger partial charge in [-0.2, -0.15) is 0 Å². The molecule has 4 heterocycles. The Morgan fingerprint density at radius 2 is 1.03 bits per heavy atom. The predicted octanol–water partition coefficient (Wildman–Crippen LogP) is 15.4. The Balaban J connectivity index is 0.942. The molecule has 63 heavy (non-hydrogen) atoms. The molecule has 0 aliphatic heterocycles. The number of fused-ring (bicyclic) bond motifs is 13. The average Bonchev–Trinajstić information content (AvgIpc) is 4.00. The molecule has 0 N–H and O–H groups in total. The summed E-state index contributed by atoms with van der Waals surface area (Å²) in [7, 11) is 0. The molecule has 0 aliphatic carbocycles. The molecule has 0 bridgehead atoms. The van der Waals surface area contributed by atoms with Gasteiger partial charge in [0.1, 0.15) is 11.2 Å². The molecule has 0 aliphatic rings. The molecule has 5 nitrogen and oxygen atoms in total. The third-order valence-electron chi connectivity index (χ3n) is 13.1. The summed E-state index contributed by atoms with van der Waals surface area (Å²) in [6.45, 7) is 0. The van der Waals surface area contributed by atoms with Gasteiger partial charge in [0.15, 0.2) is 5.82 Å². The molecule has 14 rings (SSSR count). The smallest absolute Gasteiger partial charge is 0.160 e. The van der Waals surface area contributed by atoms with Crippen LogP contribution >= 0.6 is 0 Å². The first-order valence-corrected chi connectivity index (χ1v) is 21.4. The Morgan fingerprint density at radius 1 is 0.349 bits per heavy atom. The zero-order chi connectivity index (χ0) is 41.2. The van der Waals surface area contributed by atoms with Crippen LogP contribution in [-0.4, -0.2) is 19.1 Å². The fraction of sp³-hybridized carbons (Fsp3) is 0. The lowest BCUT2D eigenvalue weighted by Crippen LogP contribution is -1.98. The summed E-state index contributed by atoms with van der Waals surface area (Å²) in [5.74, 6) is 0.684. The summed E-state index contributed by atoms with van der Waals surface area (Å²) >= 11 is 0. The maximum Gasteiger partial charge on any atom is 0.160 e. The normalized spacial score (nSPS) is 12.1. The fourth-order valence-electron chi connectivity index (χ4n) is 10.3. The van der Waals surface area contributed by atoms with E-state index >= 15 is 0 Å². The second kappa shape index (κ2) is 13.0. The SMILES string of the molecule is c1cc(-n2c3ccccc3c3c4ccccc4ccc32)c2cc3c(cc2c1)c1ccccc1n3-c1ccc(-c2nc(-c3ccc4oc5ccccc5c4c3)c3ccccc3n2)cc1. The Kier molecular flexibility index (Phi) is 7.05. The third-order valence-corrected chi connectivity index (χ3v) is 13.1. The minimum atomic E-state index is 0.684. The summed E-state index contributed by atoms with van der Waals surface area (Å²) in [6, 6.07) is 73.8. The molecular formula is C58H34N4O. The van der Waals surface area contributed by atoms with Gasteiger partial charge in [-0.15, -0.1) is 0 Å². The van der Waals surface area contributed by atoms with E-state index in [4.69, 9.17) is 14.4 Å². The third kappa shape index (κ3) is 4.99. The molecular weight excluding hydrogens is 769 g/mol. The van der Waals surface area contributed by atoms with Crippen LogP contribution in [-0.2, 0) is 0 Å². The molecule has 0 spiro atoms. The number of benzene rings is 10. The van der Waals surface area contributed by atoms with Crippen LogP contribution in [0.2, 0.25) is 0 Å².